The fraction of sp³-hybridized carbons (Fsp3) is 0.333. The summed E-state index contributed by atoms with van der Waals surface area (Å²) in [6.07, 6.45) is 2.69. The van der Waals surface area contributed by atoms with E-state index < -0.39 is 0 Å². The predicted octanol–water partition coefficient (Wildman–Crippen LogP) is 3.56. The molecule has 1 aromatic heterocycles. The van der Waals surface area contributed by atoms with Crippen LogP contribution in [-0.2, 0) is 0 Å². The van der Waals surface area contributed by atoms with Crippen LogP contribution in [0.1, 0.15) is 41.4 Å². The highest BCUT2D eigenvalue weighted by atomic mass is 16.1. The summed E-state index contributed by atoms with van der Waals surface area (Å²) in [5.74, 6) is 0. The van der Waals surface area contributed by atoms with Crippen LogP contribution in [0.25, 0.3) is 11.3 Å². The number of carbonyl (C=O) groups excluding carboxylic acids is 1. The zero-order chi connectivity index (χ0) is 13.3. The molecule has 3 heteroatoms. The number of aldehydes is 1. The van der Waals surface area contributed by atoms with E-state index in [2.05, 4.69) is 37.1 Å². The second kappa shape index (κ2) is 4.77. The van der Waals surface area contributed by atoms with E-state index in [0.29, 0.717) is 5.56 Å². The van der Waals surface area contributed by atoms with E-state index in [0.717, 1.165) is 23.1 Å². The highest BCUT2D eigenvalue weighted by Gasteiger charge is 2.14. The van der Waals surface area contributed by atoms with Gasteiger partial charge in [0.15, 0.2) is 6.29 Å². The lowest BCUT2D eigenvalue weighted by atomic mass is 10.0. The van der Waals surface area contributed by atoms with Gasteiger partial charge in [-0.2, -0.15) is 5.10 Å². The molecule has 2 aromatic rings. The van der Waals surface area contributed by atoms with Crippen molar-refractivity contribution < 1.29 is 4.79 Å². The van der Waals surface area contributed by atoms with Gasteiger partial charge in [0.25, 0.3) is 0 Å². The lowest BCUT2D eigenvalue weighted by molar-refractivity contribution is 0.112. The van der Waals surface area contributed by atoms with Crippen molar-refractivity contribution in [3.05, 3.63) is 41.1 Å². The van der Waals surface area contributed by atoms with E-state index in [4.69, 9.17) is 0 Å². The van der Waals surface area contributed by atoms with Crippen molar-refractivity contribution >= 4 is 6.29 Å². The maximum atomic E-state index is 11.2. The summed E-state index contributed by atoms with van der Waals surface area (Å²) in [6, 6.07) is 6.46. The van der Waals surface area contributed by atoms with Crippen LogP contribution in [0.15, 0.2) is 24.4 Å². The number of benzene rings is 1. The van der Waals surface area contributed by atoms with Crippen LogP contribution in [0.5, 0.6) is 0 Å². The Bertz CT molecular complexity index is 582. The Balaban J connectivity index is 2.62. The summed E-state index contributed by atoms with van der Waals surface area (Å²) in [5.41, 5.74) is 4.78. The van der Waals surface area contributed by atoms with Crippen LogP contribution in [0, 0.1) is 13.8 Å². The third-order valence-corrected chi connectivity index (χ3v) is 3.06. The molecule has 0 unspecified atom stereocenters. The number of nitrogens with zero attached hydrogens (tertiary/aromatic N) is 2. The van der Waals surface area contributed by atoms with Crippen molar-refractivity contribution in [1.29, 1.82) is 0 Å². The molecule has 94 valence electrons. The molecule has 18 heavy (non-hydrogen) atoms. The minimum Gasteiger partial charge on any atom is -0.298 e. The summed E-state index contributed by atoms with van der Waals surface area (Å²) in [7, 11) is 0. The summed E-state index contributed by atoms with van der Waals surface area (Å²) < 4.78 is 1.83. The predicted molar refractivity (Wildman–Crippen MR) is 72.9 cm³/mol. The standard InChI is InChI=1S/C15H18N2O/c1-10(2)17-8-13(9-18)15(16-17)14-7-11(3)5-6-12(14)4/h5-10H,1-4H3. The Hall–Kier alpha value is -1.90. The van der Waals surface area contributed by atoms with E-state index >= 15 is 0 Å². The van der Waals surface area contributed by atoms with Crippen LogP contribution in [-0.4, -0.2) is 16.1 Å². The van der Waals surface area contributed by atoms with E-state index in [9.17, 15) is 4.79 Å². The second-order valence-corrected chi connectivity index (χ2v) is 4.94. The van der Waals surface area contributed by atoms with Gasteiger partial charge in [0, 0.05) is 17.8 Å². The average molecular weight is 242 g/mol. The molecular weight excluding hydrogens is 224 g/mol. The zero-order valence-corrected chi connectivity index (χ0v) is 11.3. The molecule has 2 rings (SSSR count). The van der Waals surface area contributed by atoms with Crippen LogP contribution >= 0.6 is 0 Å². The van der Waals surface area contributed by atoms with Crippen LogP contribution in [0.2, 0.25) is 0 Å². The Morgan fingerprint density at radius 1 is 1.28 bits per heavy atom. The molecule has 0 fully saturated rings. The number of aryl methyl sites for hydroxylation is 2. The molecule has 0 aliphatic heterocycles. The molecule has 0 aliphatic rings. The van der Waals surface area contributed by atoms with Crippen molar-refractivity contribution in [2.75, 3.05) is 0 Å². The maximum Gasteiger partial charge on any atom is 0.153 e. The van der Waals surface area contributed by atoms with Crippen molar-refractivity contribution in [3.8, 4) is 11.3 Å². The van der Waals surface area contributed by atoms with Crippen LogP contribution in [0.4, 0.5) is 0 Å². The maximum absolute atomic E-state index is 11.2. The number of rotatable bonds is 3. The fourth-order valence-electron chi connectivity index (χ4n) is 1.96. The Morgan fingerprint density at radius 3 is 2.61 bits per heavy atom. The first-order chi connectivity index (χ1) is 8.52. The van der Waals surface area contributed by atoms with Crippen LogP contribution in [0.3, 0.4) is 0 Å². The number of aromatic nitrogens is 2. The first-order valence-corrected chi connectivity index (χ1v) is 6.15. The van der Waals surface area contributed by atoms with E-state index in [1.165, 1.54) is 5.56 Å². The molecule has 0 amide bonds. The lowest BCUT2D eigenvalue weighted by Crippen LogP contribution is -2.01. The minimum absolute atomic E-state index is 0.252. The van der Waals surface area contributed by atoms with Crippen molar-refractivity contribution in [2.45, 2.75) is 33.7 Å². The molecule has 0 atom stereocenters. The zero-order valence-electron chi connectivity index (χ0n) is 11.3. The first-order valence-electron chi connectivity index (χ1n) is 6.15. The topological polar surface area (TPSA) is 34.9 Å². The largest absolute Gasteiger partial charge is 0.298 e. The van der Waals surface area contributed by atoms with E-state index in [-0.39, 0.29) is 6.04 Å². The number of hydrogen-bond donors (Lipinski definition) is 0. The van der Waals surface area contributed by atoms with Crippen molar-refractivity contribution in [2.24, 2.45) is 0 Å². The van der Waals surface area contributed by atoms with E-state index in [1.54, 1.807) is 0 Å². The number of hydrogen-bond acceptors (Lipinski definition) is 2. The smallest absolute Gasteiger partial charge is 0.153 e. The van der Waals surface area contributed by atoms with Crippen LogP contribution < -0.4 is 0 Å². The summed E-state index contributed by atoms with van der Waals surface area (Å²) >= 11 is 0. The molecule has 0 saturated heterocycles. The second-order valence-electron chi connectivity index (χ2n) is 4.94. The van der Waals surface area contributed by atoms with Gasteiger partial charge in [-0.05, 0) is 39.3 Å². The van der Waals surface area contributed by atoms with Gasteiger partial charge in [0.05, 0.1) is 5.56 Å². The van der Waals surface area contributed by atoms with Crippen molar-refractivity contribution in [3.63, 3.8) is 0 Å². The molecule has 0 N–H and O–H groups in total. The normalized spacial score (nSPS) is 10.9. The summed E-state index contributed by atoms with van der Waals surface area (Å²) in [6.45, 7) is 8.18. The van der Waals surface area contributed by atoms with Gasteiger partial charge < -0.3 is 0 Å². The molecule has 0 aliphatic carbocycles. The molecular formula is C15H18N2O. The monoisotopic (exact) mass is 242 g/mol. The molecule has 0 bridgehead atoms. The van der Waals surface area contributed by atoms with Gasteiger partial charge in [-0.3, -0.25) is 9.48 Å². The SMILES string of the molecule is Cc1ccc(C)c(-c2nn(C(C)C)cc2C=O)c1. The highest BCUT2D eigenvalue weighted by Crippen LogP contribution is 2.26. The van der Waals surface area contributed by atoms with Gasteiger partial charge in [-0.1, -0.05) is 17.7 Å². The Kier molecular flexibility index (Phi) is 3.32. The molecule has 0 saturated carbocycles. The fourth-order valence-corrected chi connectivity index (χ4v) is 1.96. The Labute approximate surface area is 107 Å². The highest BCUT2D eigenvalue weighted by molar-refractivity contribution is 5.86. The van der Waals surface area contributed by atoms with Gasteiger partial charge >= 0.3 is 0 Å². The first kappa shape index (κ1) is 12.6. The third-order valence-electron chi connectivity index (χ3n) is 3.06. The third kappa shape index (κ3) is 2.21. The lowest BCUT2D eigenvalue weighted by Gasteiger charge is -2.06. The molecule has 0 spiro atoms. The van der Waals surface area contributed by atoms with Gasteiger partial charge in [-0.25, -0.2) is 0 Å². The molecule has 3 nitrogen and oxygen atoms in total. The summed E-state index contributed by atoms with van der Waals surface area (Å²) in [5, 5.41) is 4.54. The van der Waals surface area contributed by atoms with Gasteiger partial charge in [0.1, 0.15) is 5.69 Å². The molecule has 1 aromatic carbocycles. The number of carbonyl (C=O) groups is 1. The van der Waals surface area contributed by atoms with Gasteiger partial charge in [-0.15, -0.1) is 0 Å². The quantitative estimate of drug-likeness (QED) is 0.771. The molecule has 1 heterocycles. The Morgan fingerprint density at radius 2 is 2.00 bits per heavy atom. The minimum atomic E-state index is 0.252. The van der Waals surface area contributed by atoms with Gasteiger partial charge in [0.2, 0.25) is 0 Å². The molecule has 0 radical (unpaired) electrons. The van der Waals surface area contributed by atoms with E-state index in [1.807, 2.05) is 24.7 Å². The summed E-state index contributed by atoms with van der Waals surface area (Å²) in [4.78, 5) is 11.2. The van der Waals surface area contributed by atoms with Crippen molar-refractivity contribution in [1.82, 2.24) is 9.78 Å². The average Bonchev–Trinajstić information content (AvgIpc) is 2.76.